The van der Waals surface area contributed by atoms with Gasteiger partial charge in [0.1, 0.15) is 12.0 Å². The smallest absolute Gasteiger partial charge is 0.376 e. The molecule has 4 nitrogen and oxygen atoms in total. The first-order chi connectivity index (χ1) is 9.93. The molecule has 2 atom stereocenters. The predicted molar refractivity (Wildman–Crippen MR) is 65.4 cm³/mol. The highest BCUT2D eigenvalue weighted by molar-refractivity contribution is 5.92. The Balaban J connectivity index is 2.25. The van der Waals surface area contributed by atoms with E-state index in [-0.39, 0.29) is 18.8 Å². The van der Waals surface area contributed by atoms with E-state index in [9.17, 15) is 18.0 Å². The molecule has 0 aromatic heterocycles. The van der Waals surface area contributed by atoms with E-state index < -0.39 is 29.5 Å². The monoisotopic (exact) mass is 299 g/mol. The second-order valence-corrected chi connectivity index (χ2v) is 4.52. The quantitative estimate of drug-likeness (QED) is 0.859. The first-order valence-electron chi connectivity index (χ1n) is 6.23. The van der Waals surface area contributed by atoms with Gasteiger partial charge in [-0.1, -0.05) is 18.2 Å². The van der Waals surface area contributed by atoms with Crippen molar-refractivity contribution in [3.8, 4) is 6.07 Å². The lowest BCUT2D eigenvalue weighted by molar-refractivity contribution is -0.145. The Labute approximate surface area is 119 Å². The summed E-state index contributed by atoms with van der Waals surface area (Å²) >= 11 is 0. The molecule has 0 amide bonds. The fourth-order valence-corrected chi connectivity index (χ4v) is 2.03. The van der Waals surface area contributed by atoms with Crippen LogP contribution in [0.5, 0.6) is 0 Å². The van der Waals surface area contributed by atoms with Crippen LogP contribution in [0.15, 0.2) is 24.3 Å². The molecule has 112 valence electrons. The fraction of sp³-hybridized carbons (Fsp3) is 0.429. The summed E-state index contributed by atoms with van der Waals surface area (Å²) < 4.78 is 48.3. The zero-order valence-corrected chi connectivity index (χ0v) is 10.9. The number of nitriles is 1. The van der Waals surface area contributed by atoms with Gasteiger partial charge in [-0.15, -0.1) is 0 Å². The normalized spacial score (nSPS) is 20.6. The molecule has 21 heavy (non-hydrogen) atoms. The van der Waals surface area contributed by atoms with Gasteiger partial charge in [-0.2, -0.15) is 18.4 Å². The Bertz CT molecular complexity index is 559. The summed E-state index contributed by atoms with van der Waals surface area (Å²) in [6, 6.07) is 5.95. The second kappa shape index (κ2) is 6.24. The molecule has 2 rings (SSSR count). The van der Waals surface area contributed by atoms with Crippen molar-refractivity contribution in [3.63, 3.8) is 0 Å². The molecule has 0 N–H and O–H groups in total. The van der Waals surface area contributed by atoms with Crippen LogP contribution in [0.4, 0.5) is 13.2 Å². The van der Waals surface area contributed by atoms with E-state index in [0.717, 1.165) is 12.1 Å². The predicted octanol–water partition coefficient (Wildman–Crippen LogP) is 2.30. The molecule has 7 heteroatoms. The maximum Gasteiger partial charge on any atom is 0.416 e. The number of hydrogen-bond donors (Lipinski definition) is 0. The lowest BCUT2D eigenvalue weighted by Gasteiger charge is -2.23. The van der Waals surface area contributed by atoms with E-state index in [0.29, 0.717) is 6.61 Å². The van der Waals surface area contributed by atoms with Crippen molar-refractivity contribution in [2.75, 3.05) is 19.8 Å². The van der Waals surface area contributed by atoms with E-state index in [1.165, 1.54) is 12.1 Å². The molecule has 2 unspecified atom stereocenters. The Hall–Kier alpha value is -1.91. The van der Waals surface area contributed by atoms with Crippen molar-refractivity contribution in [1.82, 2.24) is 0 Å². The first-order valence-corrected chi connectivity index (χ1v) is 6.23. The van der Waals surface area contributed by atoms with E-state index >= 15 is 0 Å². The highest BCUT2D eigenvalue weighted by Crippen LogP contribution is 2.31. The van der Waals surface area contributed by atoms with Crippen molar-refractivity contribution in [2.24, 2.45) is 0 Å². The Kier molecular flexibility index (Phi) is 4.60. The maximum absolute atomic E-state index is 12.7. The number of rotatable bonds is 3. The van der Waals surface area contributed by atoms with Crippen LogP contribution >= 0.6 is 0 Å². The number of Topliss-reactive ketones (excluding diaryl/α,β-unsaturated/α-hetero) is 1. The minimum atomic E-state index is -4.52. The summed E-state index contributed by atoms with van der Waals surface area (Å²) in [5.41, 5.74) is -0.889. The summed E-state index contributed by atoms with van der Waals surface area (Å²) in [4.78, 5) is 12.2. The summed E-state index contributed by atoms with van der Waals surface area (Å²) in [6.07, 6.45) is -5.44. The van der Waals surface area contributed by atoms with Crippen molar-refractivity contribution in [2.45, 2.75) is 18.2 Å². The lowest BCUT2D eigenvalue weighted by atomic mass is 9.92. The number of nitrogens with zero attached hydrogens (tertiary/aromatic N) is 1. The van der Waals surface area contributed by atoms with Gasteiger partial charge in [0, 0.05) is 0 Å². The number of benzene rings is 1. The van der Waals surface area contributed by atoms with Crippen LogP contribution < -0.4 is 0 Å². The topological polar surface area (TPSA) is 59.3 Å². The summed E-state index contributed by atoms with van der Waals surface area (Å²) in [6.45, 7) is 0.581. The van der Waals surface area contributed by atoms with Crippen molar-refractivity contribution >= 4 is 5.78 Å². The molecule has 1 aliphatic rings. The third kappa shape index (κ3) is 3.60. The van der Waals surface area contributed by atoms with E-state index in [2.05, 4.69) is 0 Å². The Morgan fingerprint density at radius 2 is 2.14 bits per heavy atom. The second-order valence-electron chi connectivity index (χ2n) is 4.52. The molecule has 0 aliphatic carbocycles. The zero-order chi connectivity index (χ0) is 15.5. The van der Waals surface area contributed by atoms with Gasteiger partial charge in [0.25, 0.3) is 0 Å². The van der Waals surface area contributed by atoms with Gasteiger partial charge in [0.05, 0.1) is 31.5 Å². The van der Waals surface area contributed by atoms with Crippen molar-refractivity contribution in [1.29, 1.82) is 5.26 Å². The van der Waals surface area contributed by atoms with Gasteiger partial charge in [0.2, 0.25) is 0 Å². The zero-order valence-electron chi connectivity index (χ0n) is 10.9. The SMILES string of the molecule is N#CC(C(=O)C1COCCO1)c1cccc(C(F)(F)F)c1. The van der Waals surface area contributed by atoms with Crippen LogP contribution in [0.25, 0.3) is 0 Å². The molecular weight excluding hydrogens is 287 g/mol. The molecule has 0 bridgehead atoms. The third-order valence-electron chi connectivity index (χ3n) is 3.09. The molecule has 1 saturated heterocycles. The molecule has 0 saturated carbocycles. The van der Waals surface area contributed by atoms with Gasteiger partial charge < -0.3 is 9.47 Å². The van der Waals surface area contributed by atoms with Crippen LogP contribution in [0.3, 0.4) is 0 Å². The molecule has 0 radical (unpaired) electrons. The maximum atomic E-state index is 12.7. The summed E-state index contributed by atoms with van der Waals surface area (Å²) in [5.74, 6) is -1.89. The number of alkyl halides is 3. The molecule has 1 heterocycles. The minimum absolute atomic E-state index is 0.00602. The Morgan fingerprint density at radius 1 is 1.38 bits per heavy atom. The van der Waals surface area contributed by atoms with E-state index in [4.69, 9.17) is 14.7 Å². The van der Waals surface area contributed by atoms with Gasteiger partial charge in [0.15, 0.2) is 5.78 Å². The van der Waals surface area contributed by atoms with Crippen molar-refractivity contribution < 1.29 is 27.4 Å². The number of ether oxygens (including phenoxy) is 2. The minimum Gasteiger partial charge on any atom is -0.376 e. The lowest BCUT2D eigenvalue weighted by Crippen LogP contribution is -2.38. The average molecular weight is 299 g/mol. The molecule has 1 aromatic carbocycles. The molecular formula is C14H12F3NO3. The first kappa shape index (κ1) is 15.5. The van der Waals surface area contributed by atoms with Crippen LogP contribution in [0.2, 0.25) is 0 Å². The van der Waals surface area contributed by atoms with Gasteiger partial charge in [-0.25, -0.2) is 0 Å². The molecule has 1 aliphatic heterocycles. The Morgan fingerprint density at radius 3 is 2.71 bits per heavy atom. The largest absolute Gasteiger partial charge is 0.416 e. The summed E-state index contributed by atoms with van der Waals surface area (Å²) in [7, 11) is 0. The number of carbonyl (C=O) groups excluding carboxylic acids is 1. The third-order valence-corrected chi connectivity index (χ3v) is 3.09. The standard InChI is InChI=1S/C14H12F3NO3/c15-14(16,17)10-3-1-2-9(6-10)11(7-18)13(19)12-8-20-4-5-21-12/h1-3,6,11-12H,4-5,8H2. The van der Waals surface area contributed by atoms with Gasteiger partial charge in [-0.05, 0) is 11.6 Å². The van der Waals surface area contributed by atoms with Crippen LogP contribution in [0, 0.1) is 11.3 Å². The average Bonchev–Trinajstić information content (AvgIpc) is 2.48. The fourth-order valence-electron chi connectivity index (χ4n) is 2.03. The van der Waals surface area contributed by atoms with Gasteiger partial charge in [-0.3, -0.25) is 4.79 Å². The van der Waals surface area contributed by atoms with Gasteiger partial charge >= 0.3 is 6.18 Å². The molecule has 0 spiro atoms. The highest BCUT2D eigenvalue weighted by Gasteiger charge is 2.34. The number of hydrogen-bond acceptors (Lipinski definition) is 4. The number of carbonyl (C=O) groups is 1. The van der Waals surface area contributed by atoms with Crippen LogP contribution in [-0.2, 0) is 20.4 Å². The number of halogens is 3. The summed E-state index contributed by atoms with van der Waals surface area (Å²) in [5, 5.41) is 9.13. The van der Waals surface area contributed by atoms with E-state index in [1.807, 2.05) is 0 Å². The number of ketones is 1. The van der Waals surface area contributed by atoms with Crippen molar-refractivity contribution in [3.05, 3.63) is 35.4 Å². The van der Waals surface area contributed by atoms with Crippen LogP contribution in [-0.4, -0.2) is 31.7 Å². The van der Waals surface area contributed by atoms with Crippen LogP contribution in [0.1, 0.15) is 17.0 Å². The molecule has 1 fully saturated rings. The molecule has 1 aromatic rings. The van der Waals surface area contributed by atoms with E-state index in [1.54, 1.807) is 6.07 Å². The highest BCUT2D eigenvalue weighted by atomic mass is 19.4.